The molecule has 3 aromatic heterocycles. The average Bonchev–Trinajstić information content (AvgIpc) is 1.49. The SMILES string of the molecule is O=C(OCc1ccccc1)C1(C(=O)OCc2ccccc2)C(N=c2c(=O)c3cc4ccccc4cc3c2=O)=CC2=C1c1sc3c(sc4cc(N=c5c(=O)c6cc7ccccc7cc6c5=O)sc43)c1C2(C(=O)OCc1ccccc1)C(=O)OCc1ccccc1. The van der Waals surface area contributed by atoms with E-state index in [-0.39, 0.29) is 61.7 Å². The van der Waals surface area contributed by atoms with Crippen LogP contribution in [0.1, 0.15) is 32.7 Å². The van der Waals surface area contributed by atoms with E-state index in [0.29, 0.717) is 56.8 Å². The van der Waals surface area contributed by atoms with Crippen molar-refractivity contribution in [3.8, 4) is 0 Å². The maximum absolute atomic E-state index is 16.2. The standard InChI is InChI=1S/C72H42N2O12S3/c75-59-47-29-43-25-13-14-26-44(43)30-48(47)60(76)57(59)73-53-33-51-55(72(53,69(81)85-37-41-21-9-3-10-22-41)70(82)86-38-42-23-11-4-12-24-42)64-56(71(51,67(79)83-35-39-17-5-1-6-18-39)68(80)84-36-40-19-7-2-8-20-40)65-66(89-64)63-52(87-65)34-54(88-63)74-58-61(77)49-31-45-27-15-16-28-46(45)32-50(49)62(58)78/h1-34H,35-38H2. The molecule has 3 heterocycles. The Hall–Kier alpha value is -10.7. The van der Waals surface area contributed by atoms with Crippen LogP contribution in [0.3, 0.4) is 0 Å². The number of fused-ring (bicyclic) bond motifs is 10. The van der Waals surface area contributed by atoms with Gasteiger partial charge in [0.2, 0.25) is 32.5 Å². The van der Waals surface area contributed by atoms with Crippen LogP contribution in [0.15, 0.2) is 247 Å². The van der Waals surface area contributed by atoms with E-state index in [1.807, 2.05) is 24.3 Å². The molecule has 17 heteroatoms. The summed E-state index contributed by atoms with van der Waals surface area (Å²) in [6, 6.07) is 57.8. The number of carbonyl (C=O) groups is 4. The molecule has 2 aliphatic rings. The summed E-state index contributed by atoms with van der Waals surface area (Å²) in [7, 11) is 0. The molecule has 0 saturated heterocycles. The van der Waals surface area contributed by atoms with Crippen molar-refractivity contribution in [1.29, 1.82) is 0 Å². The molecule has 13 aromatic rings. The number of carbonyl (C=O) groups excluding carboxylic acids is 4. The first-order valence-electron chi connectivity index (χ1n) is 28.1. The number of rotatable bonds is 14. The molecule has 0 aliphatic heterocycles. The summed E-state index contributed by atoms with van der Waals surface area (Å²) in [6.45, 7) is -1.51. The summed E-state index contributed by atoms with van der Waals surface area (Å²) in [5, 5.41) is 2.83. The predicted octanol–water partition coefficient (Wildman–Crippen LogP) is 11.7. The minimum absolute atomic E-state index is 0.0229. The zero-order valence-corrected chi connectivity index (χ0v) is 48.9. The van der Waals surface area contributed by atoms with Gasteiger partial charge in [0.1, 0.15) is 31.4 Å². The highest BCUT2D eigenvalue weighted by Crippen LogP contribution is 2.67. The minimum Gasteiger partial charge on any atom is -0.459 e. The molecule has 0 unspecified atom stereocenters. The molecular formula is C72H42N2O12S3. The summed E-state index contributed by atoms with van der Waals surface area (Å²) < 4.78 is 27.2. The zero-order valence-electron chi connectivity index (χ0n) is 46.5. The number of nitrogens with zero attached hydrogens (tertiary/aromatic N) is 2. The molecule has 0 saturated carbocycles. The Bertz CT molecular complexity index is 5320. The van der Waals surface area contributed by atoms with Crippen LogP contribution < -0.4 is 32.4 Å². The van der Waals surface area contributed by atoms with E-state index in [1.54, 1.807) is 176 Å². The molecule has 0 fully saturated rings. The van der Waals surface area contributed by atoms with Crippen LogP contribution in [-0.2, 0) is 70.0 Å². The quantitative estimate of drug-likeness (QED) is 0.0568. The molecule has 2 aliphatic carbocycles. The number of esters is 4. The van der Waals surface area contributed by atoms with Crippen LogP contribution in [0.25, 0.3) is 67.5 Å². The van der Waals surface area contributed by atoms with Gasteiger partial charge in [0.25, 0.3) is 0 Å². The van der Waals surface area contributed by atoms with Gasteiger partial charge in [-0.15, -0.1) is 34.0 Å². The lowest BCUT2D eigenvalue weighted by Gasteiger charge is -2.29. The van der Waals surface area contributed by atoms with Crippen molar-refractivity contribution in [3.05, 3.63) is 302 Å². The number of ether oxygens (including phenoxy) is 4. The number of hydrogen-bond donors (Lipinski definition) is 0. The second-order valence-electron chi connectivity index (χ2n) is 21.6. The molecule has 0 amide bonds. The van der Waals surface area contributed by atoms with Crippen LogP contribution in [0.4, 0.5) is 5.00 Å². The summed E-state index contributed by atoms with van der Waals surface area (Å²) in [5.41, 5.74) is -7.16. The highest BCUT2D eigenvalue weighted by Gasteiger charge is 2.71. The number of hydrogen-bond acceptors (Lipinski definition) is 17. The van der Waals surface area contributed by atoms with Crippen LogP contribution >= 0.6 is 34.0 Å². The Morgan fingerprint density at radius 1 is 0.382 bits per heavy atom. The van der Waals surface area contributed by atoms with E-state index in [9.17, 15) is 19.2 Å². The van der Waals surface area contributed by atoms with Gasteiger partial charge in [-0.2, -0.15) is 0 Å². The van der Waals surface area contributed by atoms with Gasteiger partial charge >= 0.3 is 23.9 Å². The molecule has 430 valence electrons. The third-order valence-corrected chi connectivity index (χ3v) is 20.2. The van der Waals surface area contributed by atoms with Gasteiger partial charge in [-0.3, -0.25) is 38.4 Å². The van der Waals surface area contributed by atoms with Crippen LogP contribution in [0.5, 0.6) is 0 Å². The van der Waals surface area contributed by atoms with Gasteiger partial charge < -0.3 is 18.9 Å². The normalized spacial score (nSPS) is 13.9. The van der Waals surface area contributed by atoms with Crippen molar-refractivity contribution >= 4 is 130 Å². The Balaban J connectivity index is 1.01. The van der Waals surface area contributed by atoms with E-state index >= 15 is 19.2 Å². The molecule has 0 radical (unpaired) electrons. The molecule has 15 rings (SSSR count). The maximum Gasteiger partial charge on any atom is 0.334 e. The summed E-state index contributed by atoms with van der Waals surface area (Å²) in [4.78, 5) is 132. The van der Waals surface area contributed by atoms with Crippen LogP contribution in [0, 0.1) is 5.41 Å². The predicted molar refractivity (Wildman–Crippen MR) is 343 cm³/mol. The fourth-order valence-electron chi connectivity index (χ4n) is 12.1. The van der Waals surface area contributed by atoms with Gasteiger partial charge in [-0.05, 0) is 85.8 Å². The molecule has 10 aromatic carbocycles. The van der Waals surface area contributed by atoms with E-state index in [2.05, 4.69) is 0 Å². The van der Waals surface area contributed by atoms with Gasteiger partial charge in [0, 0.05) is 42.3 Å². The lowest BCUT2D eigenvalue weighted by molar-refractivity contribution is -0.167. The largest absolute Gasteiger partial charge is 0.459 e. The molecule has 0 atom stereocenters. The van der Waals surface area contributed by atoms with Crippen LogP contribution in [0.2, 0.25) is 0 Å². The van der Waals surface area contributed by atoms with Gasteiger partial charge in [-0.1, -0.05) is 170 Å². The number of benzene rings is 8. The van der Waals surface area contributed by atoms with Gasteiger partial charge in [0.15, 0.2) is 10.7 Å². The van der Waals surface area contributed by atoms with Crippen molar-refractivity contribution in [3.63, 3.8) is 0 Å². The van der Waals surface area contributed by atoms with E-state index in [4.69, 9.17) is 28.9 Å². The summed E-state index contributed by atoms with van der Waals surface area (Å²) in [5.74, 6) is -4.84. The molecule has 14 nitrogen and oxygen atoms in total. The first-order valence-corrected chi connectivity index (χ1v) is 30.6. The number of thiophene rings is 3. The minimum atomic E-state index is -2.91. The van der Waals surface area contributed by atoms with E-state index in [0.717, 1.165) is 33.4 Å². The molecular weight excluding hydrogens is 1180 g/mol. The van der Waals surface area contributed by atoms with E-state index < -0.39 is 80.7 Å². The van der Waals surface area contributed by atoms with Crippen molar-refractivity contribution in [2.45, 2.75) is 31.8 Å². The molecule has 0 spiro atoms. The second-order valence-corrected chi connectivity index (χ2v) is 24.7. The molecule has 0 bridgehead atoms. The average molecular weight is 1220 g/mol. The zero-order chi connectivity index (χ0) is 60.7. The molecule has 89 heavy (non-hydrogen) atoms. The van der Waals surface area contributed by atoms with E-state index in [1.165, 1.54) is 17.4 Å². The Kier molecular flexibility index (Phi) is 13.3. The Labute approximate surface area is 514 Å². The lowest BCUT2D eigenvalue weighted by atomic mass is 9.77. The summed E-state index contributed by atoms with van der Waals surface area (Å²) in [6.07, 6.45) is 1.23. The summed E-state index contributed by atoms with van der Waals surface area (Å²) >= 11 is 3.37. The highest BCUT2D eigenvalue weighted by atomic mass is 32.1. The monoisotopic (exact) mass is 1220 g/mol. The highest BCUT2D eigenvalue weighted by molar-refractivity contribution is 7.40. The third-order valence-electron chi connectivity index (χ3n) is 16.4. The smallest absolute Gasteiger partial charge is 0.334 e. The van der Waals surface area contributed by atoms with Crippen molar-refractivity contribution < 1.29 is 38.1 Å². The van der Waals surface area contributed by atoms with Crippen molar-refractivity contribution in [1.82, 2.24) is 0 Å². The lowest BCUT2D eigenvalue weighted by Crippen LogP contribution is -2.46. The third kappa shape index (κ3) is 8.78. The van der Waals surface area contributed by atoms with Gasteiger partial charge in [0.05, 0.1) is 19.8 Å². The fourth-order valence-corrected chi connectivity index (χ4v) is 16.5. The number of allylic oxidation sites excluding steroid dienone is 1. The second kappa shape index (κ2) is 21.6. The Morgan fingerprint density at radius 3 is 1.13 bits per heavy atom. The van der Waals surface area contributed by atoms with Crippen LogP contribution in [-0.4, -0.2) is 23.9 Å². The van der Waals surface area contributed by atoms with Crippen molar-refractivity contribution in [2.24, 2.45) is 15.4 Å². The van der Waals surface area contributed by atoms with Gasteiger partial charge in [-0.25, -0.2) is 9.98 Å². The maximum atomic E-state index is 16.2. The van der Waals surface area contributed by atoms with Crippen molar-refractivity contribution in [2.75, 3.05) is 0 Å². The first-order chi connectivity index (χ1) is 43.4. The topological polar surface area (TPSA) is 198 Å². The molecule has 0 N–H and O–H groups in total. The fraction of sp³-hybridized carbons (Fsp3) is 0.0833. The Morgan fingerprint density at radius 2 is 0.742 bits per heavy atom. The first kappa shape index (κ1) is 54.9.